The van der Waals surface area contributed by atoms with Crippen molar-refractivity contribution in [2.75, 3.05) is 26.7 Å². The average molecular weight is 237 g/mol. The molecule has 0 aromatic heterocycles. The molecule has 1 fully saturated rings. The predicted octanol–water partition coefficient (Wildman–Crippen LogP) is 1.62. The third-order valence-electron chi connectivity index (χ3n) is 3.57. The Morgan fingerprint density at radius 1 is 1.59 bits per heavy atom. The molecule has 1 rings (SSSR count). The van der Waals surface area contributed by atoms with E-state index in [9.17, 15) is 4.79 Å². The van der Waals surface area contributed by atoms with Crippen molar-refractivity contribution in [1.82, 2.24) is 9.80 Å². The van der Waals surface area contributed by atoms with Gasteiger partial charge in [0.15, 0.2) is 0 Å². The van der Waals surface area contributed by atoms with Gasteiger partial charge in [-0.05, 0) is 25.8 Å². The van der Waals surface area contributed by atoms with Crippen LogP contribution >= 0.6 is 0 Å². The van der Waals surface area contributed by atoms with Crippen LogP contribution in [0.1, 0.15) is 39.0 Å². The summed E-state index contributed by atoms with van der Waals surface area (Å²) in [6.07, 6.45) is 4.71. The molecule has 17 heavy (non-hydrogen) atoms. The lowest BCUT2D eigenvalue weighted by atomic mass is 10.1. The fourth-order valence-corrected chi connectivity index (χ4v) is 2.42. The minimum atomic E-state index is 0.155. The number of rotatable bonds is 6. The zero-order chi connectivity index (χ0) is 12.7. The largest absolute Gasteiger partial charge is 0.345 e. The second-order valence-electron chi connectivity index (χ2n) is 4.71. The van der Waals surface area contributed by atoms with E-state index in [2.05, 4.69) is 17.9 Å². The second-order valence-corrected chi connectivity index (χ2v) is 4.71. The Morgan fingerprint density at radius 3 is 3.00 bits per heavy atom. The molecule has 0 aliphatic carbocycles. The Labute approximate surface area is 104 Å². The van der Waals surface area contributed by atoms with Crippen LogP contribution in [0.3, 0.4) is 0 Å². The monoisotopic (exact) mass is 237 g/mol. The van der Waals surface area contributed by atoms with Crippen LogP contribution in [-0.2, 0) is 4.79 Å². The van der Waals surface area contributed by atoms with Crippen molar-refractivity contribution >= 4 is 5.91 Å². The summed E-state index contributed by atoms with van der Waals surface area (Å²) < 4.78 is 0. The number of nitriles is 1. The second kappa shape index (κ2) is 7.29. The number of carbonyl (C=O) groups is 1. The molecule has 96 valence electrons. The Kier molecular flexibility index (Phi) is 5.99. The summed E-state index contributed by atoms with van der Waals surface area (Å²) >= 11 is 0. The molecule has 0 spiro atoms. The van der Waals surface area contributed by atoms with Crippen molar-refractivity contribution in [3.63, 3.8) is 0 Å². The summed E-state index contributed by atoms with van der Waals surface area (Å²) in [6.45, 7) is 4.76. The van der Waals surface area contributed by atoms with E-state index >= 15 is 0 Å². The minimum absolute atomic E-state index is 0.155. The zero-order valence-electron chi connectivity index (χ0n) is 11.0. The van der Waals surface area contributed by atoms with E-state index in [1.807, 2.05) is 0 Å². The number of nitrogens with zero attached hydrogens (tertiary/aromatic N) is 3. The number of likely N-dealkylation sites (tertiary alicyclic amines) is 1. The normalized spacial score (nSPS) is 20.2. The molecule has 4 heteroatoms. The van der Waals surface area contributed by atoms with Gasteiger partial charge in [-0.15, -0.1) is 0 Å². The maximum atomic E-state index is 11.8. The standard InChI is InChI=1S/C13H23N3O/c1-3-12-6-4-10-16(12)11-7-13(17)15(2)9-5-8-14/h12H,3-7,9-11H2,1-2H3. The highest BCUT2D eigenvalue weighted by Crippen LogP contribution is 2.19. The molecule has 0 N–H and O–H groups in total. The molecule has 4 nitrogen and oxygen atoms in total. The first-order valence-electron chi connectivity index (χ1n) is 6.54. The highest BCUT2D eigenvalue weighted by Gasteiger charge is 2.23. The number of hydrogen-bond acceptors (Lipinski definition) is 3. The van der Waals surface area contributed by atoms with Gasteiger partial charge < -0.3 is 4.90 Å². The van der Waals surface area contributed by atoms with Crippen molar-refractivity contribution in [1.29, 1.82) is 5.26 Å². The molecule has 0 saturated carbocycles. The fourth-order valence-electron chi connectivity index (χ4n) is 2.42. The van der Waals surface area contributed by atoms with Crippen molar-refractivity contribution < 1.29 is 4.79 Å². The third-order valence-corrected chi connectivity index (χ3v) is 3.57. The smallest absolute Gasteiger partial charge is 0.223 e. The summed E-state index contributed by atoms with van der Waals surface area (Å²) in [7, 11) is 1.78. The first kappa shape index (κ1) is 14.0. The fraction of sp³-hybridized carbons (Fsp3) is 0.846. The molecule has 1 atom stereocenters. The van der Waals surface area contributed by atoms with Gasteiger partial charge in [0.1, 0.15) is 0 Å². The van der Waals surface area contributed by atoms with Gasteiger partial charge in [-0.25, -0.2) is 0 Å². The first-order chi connectivity index (χ1) is 8.19. The molecule has 0 radical (unpaired) electrons. The van der Waals surface area contributed by atoms with Crippen LogP contribution in [0.2, 0.25) is 0 Å². The molecule has 1 saturated heterocycles. The van der Waals surface area contributed by atoms with E-state index in [0.717, 1.165) is 13.1 Å². The lowest BCUT2D eigenvalue weighted by molar-refractivity contribution is -0.130. The van der Waals surface area contributed by atoms with E-state index in [0.29, 0.717) is 25.4 Å². The van der Waals surface area contributed by atoms with Crippen LogP contribution in [0.15, 0.2) is 0 Å². The summed E-state index contributed by atoms with van der Waals surface area (Å²) in [5.74, 6) is 0.155. The summed E-state index contributed by atoms with van der Waals surface area (Å²) in [5, 5.41) is 8.47. The number of amides is 1. The van der Waals surface area contributed by atoms with E-state index in [1.54, 1.807) is 11.9 Å². The Bertz CT molecular complexity index is 285. The van der Waals surface area contributed by atoms with Gasteiger partial charge in [0.25, 0.3) is 0 Å². The Morgan fingerprint density at radius 2 is 2.35 bits per heavy atom. The molecule has 1 unspecified atom stereocenters. The van der Waals surface area contributed by atoms with Gasteiger partial charge in [-0.3, -0.25) is 9.69 Å². The Balaban J connectivity index is 2.25. The minimum Gasteiger partial charge on any atom is -0.345 e. The molecule has 0 bridgehead atoms. The lowest BCUT2D eigenvalue weighted by Crippen LogP contribution is -2.34. The van der Waals surface area contributed by atoms with E-state index in [-0.39, 0.29) is 5.91 Å². The number of hydrogen-bond donors (Lipinski definition) is 0. The first-order valence-corrected chi connectivity index (χ1v) is 6.54. The van der Waals surface area contributed by atoms with E-state index in [4.69, 9.17) is 5.26 Å². The van der Waals surface area contributed by atoms with Crippen LogP contribution in [0, 0.1) is 11.3 Å². The van der Waals surface area contributed by atoms with E-state index in [1.165, 1.54) is 19.3 Å². The van der Waals surface area contributed by atoms with Gasteiger partial charge in [-0.1, -0.05) is 6.92 Å². The topological polar surface area (TPSA) is 47.3 Å². The van der Waals surface area contributed by atoms with Gasteiger partial charge in [0.2, 0.25) is 5.91 Å². The van der Waals surface area contributed by atoms with Gasteiger partial charge in [-0.2, -0.15) is 5.26 Å². The summed E-state index contributed by atoms with van der Waals surface area (Å²) in [5.41, 5.74) is 0. The molecule has 1 heterocycles. The average Bonchev–Trinajstić information content (AvgIpc) is 2.80. The van der Waals surface area contributed by atoms with Gasteiger partial charge in [0, 0.05) is 32.6 Å². The van der Waals surface area contributed by atoms with Crippen LogP contribution < -0.4 is 0 Å². The summed E-state index contributed by atoms with van der Waals surface area (Å²) in [6, 6.07) is 2.74. The SMILES string of the molecule is CCC1CCCN1CCC(=O)N(C)CCC#N. The van der Waals surface area contributed by atoms with Crippen LogP contribution in [0.5, 0.6) is 0 Å². The van der Waals surface area contributed by atoms with Gasteiger partial charge in [0.05, 0.1) is 12.5 Å². The number of carbonyl (C=O) groups excluding carboxylic acids is 1. The molecular formula is C13H23N3O. The molecule has 1 aliphatic rings. The van der Waals surface area contributed by atoms with Crippen molar-refractivity contribution in [2.45, 2.75) is 45.1 Å². The molecule has 0 aromatic rings. The van der Waals surface area contributed by atoms with E-state index < -0.39 is 0 Å². The quantitative estimate of drug-likeness (QED) is 0.705. The van der Waals surface area contributed by atoms with Crippen LogP contribution in [-0.4, -0.2) is 48.4 Å². The maximum absolute atomic E-state index is 11.8. The third kappa shape index (κ3) is 4.35. The highest BCUT2D eigenvalue weighted by atomic mass is 16.2. The zero-order valence-corrected chi connectivity index (χ0v) is 11.0. The van der Waals surface area contributed by atoms with Crippen molar-refractivity contribution in [3.05, 3.63) is 0 Å². The van der Waals surface area contributed by atoms with Crippen molar-refractivity contribution in [2.24, 2.45) is 0 Å². The molecule has 1 amide bonds. The summed E-state index contributed by atoms with van der Waals surface area (Å²) in [4.78, 5) is 15.9. The highest BCUT2D eigenvalue weighted by molar-refractivity contribution is 5.76. The molecule has 1 aliphatic heterocycles. The predicted molar refractivity (Wildman–Crippen MR) is 67.4 cm³/mol. The van der Waals surface area contributed by atoms with Crippen molar-refractivity contribution in [3.8, 4) is 6.07 Å². The molecule has 0 aromatic carbocycles. The molecular weight excluding hydrogens is 214 g/mol. The Hall–Kier alpha value is -1.08. The maximum Gasteiger partial charge on any atom is 0.223 e. The lowest BCUT2D eigenvalue weighted by Gasteiger charge is -2.24. The van der Waals surface area contributed by atoms with Crippen LogP contribution in [0.25, 0.3) is 0 Å². The van der Waals surface area contributed by atoms with Crippen LogP contribution in [0.4, 0.5) is 0 Å². The van der Waals surface area contributed by atoms with Gasteiger partial charge >= 0.3 is 0 Å².